The zero-order chi connectivity index (χ0) is 27.0. The van der Waals surface area contributed by atoms with Crippen molar-refractivity contribution in [3.05, 3.63) is 143 Å². The zero-order valence-electron chi connectivity index (χ0n) is 21.4. The molecule has 39 heavy (non-hydrogen) atoms. The molecule has 4 N–H and O–H groups in total. The Kier molecular flexibility index (Phi) is 8.29. The van der Waals surface area contributed by atoms with Crippen molar-refractivity contribution in [2.45, 2.75) is 13.2 Å². The molecule has 0 atom stereocenters. The van der Waals surface area contributed by atoms with Gasteiger partial charge in [-0.1, -0.05) is 109 Å². The second-order valence-electron chi connectivity index (χ2n) is 9.06. The fourth-order valence-electron chi connectivity index (χ4n) is 4.34. The molecule has 6 rings (SSSR count). The van der Waals surface area contributed by atoms with E-state index < -0.39 is 0 Å². The van der Waals surface area contributed by atoms with Crippen LogP contribution in [0.15, 0.2) is 132 Å². The van der Waals surface area contributed by atoms with Crippen LogP contribution in [0, 0.1) is 0 Å². The first-order valence-corrected chi connectivity index (χ1v) is 13.5. The first kappa shape index (κ1) is 26.1. The minimum atomic E-state index is 0.543. The van der Waals surface area contributed by atoms with Gasteiger partial charge in [0.2, 0.25) is 0 Å². The van der Waals surface area contributed by atoms with Crippen molar-refractivity contribution in [1.29, 1.82) is 0 Å². The normalized spacial score (nSPS) is 10.6. The summed E-state index contributed by atoms with van der Waals surface area (Å²) in [6, 6.07) is 42.0. The fraction of sp³-hybridized carbons (Fsp3) is 0.0588. The smallest absolute Gasteiger partial charge is 0.128 e. The van der Waals surface area contributed by atoms with E-state index in [2.05, 4.69) is 40.2 Å². The monoisotopic (exact) mass is 576 g/mol. The highest BCUT2D eigenvalue weighted by Gasteiger charge is 2.09. The van der Waals surface area contributed by atoms with Gasteiger partial charge in [-0.15, -0.1) is 0 Å². The number of halogens is 1. The highest BCUT2D eigenvalue weighted by atomic mass is 79.9. The lowest BCUT2D eigenvalue weighted by Crippen LogP contribution is -1.97. The summed E-state index contributed by atoms with van der Waals surface area (Å²) in [5.74, 6) is 1.71. The van der Waals surface area contributed by atoms with Crippen molar-refractivity contribution >= 4 is 48.8 Å². The maximum atomic E-state index is 6.09. The lowest BCUT2D eigenvalue weighted by molar-refractivity contribution is 0.310. The molecule has 0 fully saturated rings. The number of rotatable bonds is 6. The average Bonchev–Trinajstić information content (AvgIpc) is 2.99. The summed E-state index contributed by atoms with van der Waals surface area (Å²) in [4.78, 5) is 0. The van der Waals surface area contributed by atoms with E-state index in [1.807, 2.05) is 103 Å². The molecule has 194 valence electrons. The lowest BCUT2D eigenvalue weighted by atomic mass is 10.1. The van der Waals surface area contributed by atoms with Crippen molar-refractivity contribution < 1.29 is 9.47 Å². The lowest BCUT2D eigenvalue weighted by Gasteiger charge is -2.12. The highest BCUT2D eigenvalue weighted by Crippen LogP contribution is 2.36. The number of nitrogens with two attached hydrogens (primary N) is 2. The molecule has 6 aromatic rings. The van der Waals surface area contributed by atoms with E-state index in [1.54, 1.807) is 0 Å². The number of hydrogen-bond acceptors (Lipinski definition) is 4. The van der Waals surface area contributed by atoms with Crippen LogP contribution in [0.2, 0.25) is 0 Å². The Morgan fingerprint density at radius 2 is 0.949 bits per heavy atom. The van der Waals surface area contributed by atoms with Gasteiger partial charge in [0.1, 0.15) is 24.7 Å². The molecule has 0 spiro atoms. The van der Waals surface area contributed by atoms with Crippen LogP contribution >= 0.6 is 15.9 Å². The van der Waals surface area contributed by atoms with Crippen LogP contribution in [-0.2, 0) is 13.2 Å². The largest absolute Gasteiger partial charge is 0.488 e. The molecule has 0 aromatic heterocycles. The topological polar surface area (TPSA) is 70.5 Å². The minimum absolute atomic E-state index is 0.543. The zero-order valence-corrected chi connectivity index (χ0v) is 23.0. The molecule has 0 unspecified atom stereocenters. The number of ether oxygens (including phenoxy) is 2. The van der Waals surface area contributed by atoms with Crippen LogP contribution in [0.5, 0.6) is 11.5 Å². The second-order valence-corrected chi connectivity index (χ2v) is 9.92. The van der Waals surface area contributed by atoms with Crippen LogP contribution < -0.4 is 20.9 Å². The van der Waals surface area contributed by atoms with Gasteiger partial charge in [-0.25, -0.2) is 0 Å². The Balaban J connectivity index is 0.000000158. The summed E-state index contributed by atoms with van der Waals surface area (Å²) in [5.41, 5.74) is 15.9. The summed E-state index contributed by atoms with van der Waals surface area (Å²) in [7, 11) is 0. The first-order valence-electron chi connectivity index (χ1n) is 12.7. The van der Waals surface area contributed by atoms with Crippen LogP contribution in [0.25, 0.3) is 21.5 Å². The van der Waals surface area contributed by atoms with Crippen LogP contribution in [0.3, 0.4) is 0 Å². The summed E-state index contributed by atoms with van der Waals surface area (Å²) >= 11 is 3.49. The molecule has 0 heterocycles. The van der Waals surface area contributed by atoms with Crippen molar-refractivity contribution in [3.63, 3.8) is 0 Å². The van der Waals surface area contributed by atoms with Crippen molar-refractivity contribution in [3.8, 4) is 11.5 Å². The molecule has 4 nitrogen and oxygen atoms in total. The number of hydrogen-bond donors (Lipinski definition) is 2. The number of fused-ring (bicyclic) bond motifs is 2. The Morgan fingerprint density at radius 3 is 1.54 bits per heavy atom. The third-order valence-corrected chi connectivity index (χ3v) is 7.05. The van der Waals surface area contributed by atoms with Gasteiger partial charge in [0.15, 0.2) is 0 Å². The van der Waals surface area contributed by atoms with Gasteiger partial charge < -0.3 is 20.9 Å². The SMILES string of the molecule is Nc1c(Br)cc(OCc2ccccc2)c2ccccc12.Nc1ccc(OCc2ccccc2)c2ccccc12. The van der Waals surface area contributed by atoms with Gasteiger partial charge in [0.25, 0.3) is 0 Å². The molecular formula is C34H29BrN2O2. The van der Waals surface area contributed by atoms with Crippen molar-refractivity contribution in [2.24, 2.45) is 0 Å². The fourth-order valence-corrected chi connectivity index (χ4v) is 4.76. The van der Waals surface area contributed by atoms with Crippen molar-refractivity contribution in [2.75, 3.05) is 11.5 Å². The predicted molar refractivity (Wildman–Crippen MR) is 166 cm³/mol. The molecule has 0 saturated heterocycles. The molecular weight excluding hydrogens is 548 g/mol. The Bertz CT molecular complexity index is 1690. The first-order chi connectivity index (χ1) is 19.1. The van der Waals surface area contributed by atoms with Gasteiger partial charge in [0, 0.05) is 31.7 Å². The van der Waals surface area contributed by atoms with Gasteiger partial charge >= 0.3 is 0 Å². The van der Waals surface area contributed by atoms with E-state index in [4.69, 9.17) is 20.9 Å². The molecule has 0 aliphatic rings. The molecule has 5 heteroatoms. The summed E-state index contributed by atoms with van der Waals surface area (Å²) in [6.07, 6.45) is 0. The summed E-state index contributed by atoms with van der Waals surface area (Å²) < 4.78 is 12.7. The summed E-state index contributed by atoms with van der Waals surface area (Å²) in [6.45, 7) is 1.11. The molecule has 0 radical (unpaired) electrons. The second kappa shape index (κ2) is 12.4. The van der Waals surface area contributed by atoms with E-state index in [0.29, 0.717) is 13.2 Å². The van der Waals surface area contributed by atoms with E-state index in [9.17, 15) is 0 Å². The van der Waals surface area contributed by atoms with Crippen molar-refractivity contribution in [1.82, 2.24) is 0 Å². The Morgan fingerprint density at radius 1 is 0.487 bits per heavy atom. The molecule has 0 bridgehead atoms. The molecule has 0 aliphatic carbocycles. The van der Waals surface area contributed by atoms with Gasteiger partial charge in [-0.05, 0) is 45.3 Å². The number of nitrogen functional groups attached to an aromatic ring is 2. The number of benzene rings is 6. The average molecular weight is 578 g/mol. The predicted octanol–water partition coefficient (Wildman–Crippen LogP) is 8.76. The quantitative estimate of drug-likeness (QED) is 0.194. The van der Waals surface area contributed by atoms with E-state index >= 15 is 0 Å². The molecule has 0 saturated carbocycles. The highest BCUT2D eigenvalue weighted by molar-refractivity contribution is 9.10. The van der Waals surface area contributed by atoms with Crippen LogP contribution in [0.4, 0.5) is 11.4 Å². The molecule has 0 amide bonds. The van der Waals surface area contributed by atoms with E-state index in [-0.39, 0.29) is 0 Å². The van der Waals surface area contributed by atoms with Gasteiger partial charge in [-0.3, -0.25) is 0 Å². The van der Waals surface area contributed by atoms with Crippen LogP contribution in [0.1, 0.15) is 11.1 Å². The summed E-state index contributed by atoms with van der Waals surface area (Å²) in [5, 5.41) is 4.13. The molecule has 0 aliphatic heterocycles. The van der Waals surface area contributed by atoms with E-state index in [1.165, 1.54) is 0 Å². The van der Waals surface area contributed by atoms with E-state index in [0.717, 1.165) is 60.0 Å². The molecule has 6 aromatic carbocycles. The third-order valence-electron chi connectivity index (χ3n) is 6.39. The Hall–Kier alpha value is -4.48. The van der Waals surface area contributed by atoms with Gasteiger partial charge in [0.05, 0.1) is 5.69 Å². The maximum Gasteiger partial charge on any atom is 0.128 e. The Labute approximate surface area is 236 Å². The van der Waals surface area contributed by atoms with Crippen LogP contribution in [-0.4, -0.2) is 0 Å². The number of anilines is 2. The maximum absolute atomic E-state index is 6.09. The standard InChI is InChI=1S/C17H14BrNO.C17H15NO/c18-15-10-16(20-11-12-6-2-1-3-7-12)13-8-4-5-9-14(13)17(15)19;18-16-10-11-17(15-9-5-4-8-14(15)16)19-12-13-6-2-1-3-7-13/h1-10H,11,19H2;1-11H,12,18H2. The minimum Gasteiger partial charge on any atom is -0.488 e. The van der Waals surface area contributed by atoms with Gasteiger partial charge in [-0.2, -0.15) is 0 Å². The third kappa shape index (κ3) is 6.33.